The van der Waals surface area contributed by atoms with Crippen LogP contribution in [-0.2, 0) is 0 Å². The quantitative estimate of drug-likeness (QED) is 0.486. The van der Waals surface area contributed by atoms with Crippen LogP contribution in [0, 0.1) is 12.7 Å². The lowest BCUT2D eigenvalue weighted by Crippen LogP contribution is -2.10. The van der Waals surface area contributed by atoms with Crippen LogP contribution in [-0.4, -0.2) is 25.7 Å². The number of aromatic nitrogens is 4. The van der Waals surface area contributed by atoms with Crippen molar-refractivity contribution in [3.63, 3.8) is 0 Å². The molecule has 0 aliphatic rings. The lowest BCUT2D eigenvalue weighted by molar-refractivity contribution is 0.100. The Labute approximate surface area is 176 Å². The van der Waals surface area contributed by atoms with Gasteiger partial charge in [0.05, 0.1) is 17.5 Å². The number of rotatable bonds is 4. The zero-order valence-corrected chi connectivity index (χ0v) is 16.6. The molecule has 0 radical (unpaired) electrons. The first-order chi connectivity index (χ1) is 14.3. The van der Waals surface area contributed by atoms with Gasteiger partial charge >= 0.3 is 0 Å². The van der Waals surface area contributed by atoms with E-state index in [1.165, 1.54) is 29.2 Å². The van der Waals surface area contributed by atoms with E-state index in [1.807, 2.05) is 13.0 Å². The summed E-state index contributed by atoms with van der Waals surface area (Å²) in [6, 6.07) is 11.3. The molecule has 0 spiro atoms. The van der Waals surface area contributed by atoms with Gasteiger partial charge in [0.15, 0.2) is 0 Å². The van der Waals surface area contributed by atoms with Gasteiger partial charge in [0.1, 0.15) is 22.5 Å². The number of hydrogen-bond acceptors (Lipinski definition) is 5. The summed E-state index contributed by atoms with van der Waals surface area (Å²) in [7, 11) is 0. The fourth-order valence-electron chi connectivity index (χ4n) is 3.11. The topological polar surface area (TPSA) is 113 Å². The van der Waals surface area contributed by atoms with E-state index < -0.39 is 5.91 Å². The number of amides is 1. The number of halogens is 2. The number of primary amides is 1. The summed E-state index contributed by atoms with van der Waals surface area (Å²) in [6.45, 7) is 1.82. The van der Waals surface area contributed by atoms with E-state index in [1.54, 1.807) is 24.3 Å². The number of carbonyl (C=O) groups is 1. The van der Waals surface area contributed by atoms with Crippen molar-refractivity contribution < 1.29 is 9.18 Å². The minimum atomic E-state index is -0.604. The van der Waals surface area contributed by atoms with Gasteiger partial charge in [-0.15, -0.1) is 0 Å². The predicted octanol–water partition coefficient (Wildman–Crippen LogP) is 3.78. The third-order valence-electron chi connectivity index (χ3n) is 4.50. The van der Waals surface area contributed by atoms with Crippen LogP contribution in [0.25, 0.3) is 28.1 Å². The zero-order valence-electron chi connectivity index (χ0n) is 15.8. The molecule has 0 aliphatic heterocycles. The van der Waals surface area contributed by atoms with E-state index in [0.29, 0.717) is 27.7 Å². The predicted molar refractivity (Wildman–Crippen MR) is 113 cm³/mol. The maximum absolute atomic E-state index is 13.4. The summed E-state index contributed by atoms with van der Waals surface area (Å²) in [5.74, 6) is -0.787. The van der Waals surface area contributed by atoms with Crippen molar-refractivity contribution >= 4 is 23.3 Å². The Hall–Kier alpha value is -3.78. The number of nitrogens with zero attached hydrogens (tertiary/aromatic N) is 4. The number of nitrogens with two attached hydrogens (primary N) is 2. The van der Waals surface area contributed by atoms with Crippen LogP contribution in [0.5, 0.6) is 0 Å². The van der Waals surface area contributed by atoms with Crippen molar-refractivity contribution in [1.29, 1.82) is 0 Å². The van der Waals surface area contributed by atoms with Gasteiger partial charge in [-0.2, -0.15) is 5.10 Å². The second kappa shape index (κ2) is 7.57. The van der Waals surface area contributed by atoms with E-state index >= 15 is 0 Å². The van der Waals surface area contributed by atoms with E-state index in [9.17, 15) is 9.18 Å². The van der Waals surface area contributed by atoms with Gasteiger partial charge in [-0.25, -0.2) is 19.0 Å². The van der Waals surface area contributed by atoms with E-state index in [0.717, 1.165) is 11.3 Å². The molecular formula is C21H16ClFN6O. The monoisotopic (exact) mass is 422 g/mol. The highest BCUT2D eigenvalue weighted by atomic mass is 35.5. The van der Waals surface area contributed by atoms with Crippen LogP contribution in [0.1, 0.15) is 16.1 Å². The lowest BCUT2D eigenvalue weighted by Gasteiger charge is -2.15. The summed E-state index contributed by atoms with van der Waals surface area (Å²) in [5, 5.41) is 4.48. The molecule has 1 amide bonds. The molecular weight excluding hydrogens is 407 g/mol. The molecule has 0 fully saturated rings. The van der Waals surface area contributed by atoms with Crippen LogP contribution in [0.15, 0.2) is 54.9 Å². The zero-order chi connectivity index (χ0) is 21.4. The number of pyridine rings is 2. The average Bonchev–Trinajstić information content (AvgIpc) is 3.18. The van der Waals surface area contributed by atoms with Gasteiger partial charge in [0.25, 0.3) is 5.91 Å². The molecule has 9 heteroatoms. The normalized spacial score (nSPS) is 10.9. The van der Waals surface area contributed by atoms with Crippen molar-refractivity contribution in [1.82, 2.24) is 19.7 Å². The van der Waals surface area contributed by atoms with Gasteiger partial charge in [-0.1, -0.05) is 11.6 Å². The van der Waals surface area contributed by atoms with E-state index in [-0.39, 0.29) is 17.2 Å². The number of benzene rings is 1. The molecule has 4 N–H and O–H groups in total. The summed E-state index contributed by atoms with van der Waals surface area (Å²) in [6.07, 6.45) is 2.82. The van der Waals surface area contributed by atoms with Crippen molar-refractivity contribution in [3.8, 4) is 28.1 Å². The van der Waals surface area contributed by atoms with Crippen LogP contribution in [0.3, 0.4) is 0 Å². The third kappa shape index (κ3) is 3.72. The summed E-state index contributed by atoms with van der Waals surface area (Å²) in [5.41, 5.74) is 15.6. The van der Waals surface area contributed by atoms with Gasteiger partial charge in [0, 0.05) is 23.0 Å². The third-order valence-corrected chi connectivity index (χ3v) is 4.69. The first-order valence-corrected chi connectivity index (χ1v) is 9.25. The molecule has 0 aliphatic carbocycles. The highest BCUT2D eigenvalue weighted by Gasteiger charge is 2.17. The molecule has 3 heterocycles. The second-order valence-electron chi connectivity index (χ2n) is 6.65. The molecule has 0 saturated heterocycles. The maximum Gasteiger partial charge on any atom is 0.251 e. The molecule has 0 saturated carbocycles. The van der Waals surface area contributed by atoms with Crippen LogP contribution >= 0.6 is 11.6 Å². The number of carbonyl (C=O) groups excluding carboxylic acids is 1. The molecule has 1 aromatic carbocycles. The van der Waals surface area contributed by atoms with E-state index in [2.05, 4.69) is 15.1 Å². The molecule has 0 bridgehead atoms. The van der Waals surface area contributed by atoms with Gasteiger partial charge in [-0.05, 0) is 55.0 Å². The fourth-order valence-corrected chi connectivity index (χ4v) is 3.36. The molecule has 150 valence electrons. The van der Waals surface area contributed by atoms with Crippen LogP contribution < -0.4 is 11.5 Å². The fraction of sp³-hybridized carbons (Fsp3) is 0.0476. The molecule has 30 heavy (non-hydrogen) atoms. The standard InChI is InChI=1S/C21H16ClFN6O/c1-11-6-13(7-18(22)27-11)16-8-17(29-10-14(9-26-29)21(25)30)20(24)28-19(16)12-2-4-15(23)5-3-12/h2-10H,1H3,(H2,24,28)(H2,25,30). The Morgan fingerprint density at radius 1 is 1.10 bits per heavy atom. The van der Waals surface area contributed by atoms with E-state index in [4.69, 9.17) is 23.1 Å². The number of nitrogen functional groups attached to an aromatic ring is 1. The van der Waals surface area contributed by atoms with Gasteiger partial charge < -0.3 is 11.5 Å². The molecule has 0 unspecified atom stereocenters. The Kier molecular flexibility index (Phi) is 4.93. The smallest absolute Gasteiger partial charge is 0.251 e. The molecule has 7 nitrogen and oxygen atoms in total. The van der Waals surface area contributed by atoms with Gasteiger partial charge in [-0.3, -0.25) is 4.79 Å². The average molecular weight is 423 g/mol. The Balaban J connectivity index is 1.97. The van der Waals surface area contributed by atoms with Crippen molar-refractivity contribution in [3.05, 3.63) is 77.1 Å². The second-order valence-corrected chi connectivity index (χ2v) is 7.04. The molecule has 0 atom stereocenters. The van der Waals surface area contributed by atoms with Crippen LogP contribution in [0.2, 0.25) is 5.15 Å². The maximum atomic E-state index is 13.4. The number of aryl methyl sites for hydroxylation is 1. The van der Waals surface area contributed by atoms with Crippen molar-refractivity contribution in [2.24, 2.45) is 5.73 Å². The Morgan fingerprint density at radius 2 is 1.83 bits per heavy atom. The highest BCUT2D eigenvalue weighted by molar-refractivity contribution is 6.29. The molecule has 4 rings (SSSR count). The lowest BCUT2D eigenvalue weighted by atomic mass is 9.98. The Morgan fingerprint density at radius 3 is 2.47 bits per heavy atom. The van der Waals surface area contributed by atoms with Gasteiger partial charge in [0.2, 0.25) is 0 Å². The SMILES string of the molecule is Cc1cc(-c2cc(-n3cc(C(N)=O)cn3)c(N)nc2-c2ccc(F)cc2)cc(Cl)n1. The van der Waals surface area contributed by atoms with Crippen molar-refractivity contribution in [2.75, 3.05) is 5.73 Å². The van der Waals surface area contributed by atoms with Crippen molar-refractivity contribution in [2.45, 2.75) is 6.92 Å². The first-order valence-electron chi connectivity index (χ1n) is 8.87. The minimum absolute atomic E-state index is 0.175. The number of hydrogen-bond donors (Lipinski definition) is 2. The first kappa shape index (κ1) is 19.5. The number of anilines is 1. The Bertz CT molecular complexity index is 1250. The molecule has 3 aromatic heterocycles. The largest absolute Gasteiger partial charge is 0.382 e. The summed E-state index contributed by atoms with van der Waals surface area (Å²) in [4.78, 5) is 20.2. The highest BCUT2D eigenvalue weighted by Crippen LogP contribution is 2.35. The van der Waals surface area contributed by atoms with Crippen LogP contribution in [0.4, 0.5) is 10.2 Å². The summed E-state index contributed by atoms with van der Waals surface area (Å²) >= 11 is 6.17. The summed E-state index contributed by atoms with van der Waals surface area (Å²) < 4.78 is 14.9. The molecule has 4 aromatic rings. The minimum Gasteiger partial charge on any atom is -0.382 e.